The van der Waals surface area contributed by atoms with Gasteiger partial charge in [-0.05, 0) is 30.9 Å². The van der Waals surface area contributed by atoms with Gasteiger partial charge in [0.25, 0.3) is 0 Å². The highest BCUT2D eigenvalue weighted by molar-refractivity contribution is 5.52. The number of rotatable bonds is 7. The molecule has 2 heterocycles. The van der Waals surface area contributed by atoms with Crippen molar-refractivity contribution < 1.29 is 0 Å². The minimum atomic E-state index is 0.925. The lowest BCUT2D eigenvalue weighted by Crippen LogP contribution is -2.44. The van der Waals surface area contributed by atoms with Crippen molar-refractivity contribution in [2.45, 2.75) is 39.0 Å². The lowest BCUT2D eigenvalue weighted by molar-refractivity contribution is 0.583. The molecule has 1 N–H and O–H groups in total. The third kappa shape index (κ3) is 3.83. The number of unbranched alkanes of at least 4 members (excludes halogenated alkanes) is 2. The number of piperazine rings is 1. The first kappa shape index (κ1) is 15.0. The van der Waals surface area contributed by atoms with Gasteiger partial charge in [0.15, 0.2) is 0 Å². The number of hydrogen-bond acceptors (Lipinski definition) is 3. The van der Waals surface area contributed by atoms with Crippen LogP contribution in [0.15, 0.2) is 24.9 Å². The zero-order chi connectivity index (χ0) is 14.2. The zero-order valence-corrected chi connectivity index (χ0v) is 12.7. The molecule has 0 atom stereocenters. The third-order valence-corrected chi connectivity index (χ3v) is 3.94. The summed E-state index contributed by atoms with van der Waals surface area (Å²) in [5.41, 5.74) is 2.85. The van der Waals surface area contributed by atoms with Crippen LogP contribution in [0.1, 0.15) is 37.3 Å². The van der Waals surface area contributed by atoms with Crippen LogP contribution in [0.4, 0.5) is 5.82 Å². The van der Waals surface area contributed by atoms with Crippen LogP contribution in [0.25, 0.3) is 0 Å². The first-order valence-corrected chi connectivity index (χ1v) is 7.90. The molecule has 1 aliphatic rings. The Morgan fingerprint density at radius 2 is 2.15 bits per heavy atom. The summed E-state index contributed by atoms with van der Waals surface area (Å²) in [4.78, 5) is 7.08. The van der Waals surface area contributed by atoms with E-state index >= 15 is 0 Å². The summed E-state index contributed by atoms with van der Waals surface area (Å²) in [5, 5.41) is 3.40. The summed E-state index contributed by atoms with van der Waals surface area (Å²) in [6.45, 7) is 10.4. The van der Waals surface area contributed by atoms with Gasteiger partial charge in [0, 0.05) is 37.9 Å². The van der Waals surface area contributed by atoms with E-state index in [1.165, 1.54) is 42.6 Å². The van der Waals surface area contributed by atoms with Crippen molar-refractivity contribution in [2.75, 3.05) is 31.1 Å². The van der Waals surface area contributed by atoms with Gasteiger partial charge in [-0.25, -0.2) is 4.98 Å². The summed E-state index contributed by atoms with van der Waals surface area (Å²) < 4.78 is 0. The van der Waals surface area contributed by atoms with E-state index in [9.17, 15) is 0 Å². The maximum atomic E-state index is 4.66. The molecule has 0 spiro atoms. The molecule has 1 aromatic rings. The molecule has 1 aromatic heterocycles. The van der Waals surface area contributed by atoms with E-state index in [0.29, 0.717) is 0 Å². The molecule has 3 heteroatoms. The minimum absolute atomic E-state index is 0.925. The average molecular weight is 273 g/mol. The minimum Gasteiger partial charge on any atom is -0.354 e. The average Bonchev–Trinajstić information content (AvgIpc) is 2.50. The van der Waals surface area contributed by atoms with Gasteiger partial charge in [-0.3, -0.25) is 0 Å². The molecule has 20 heavy (non-hydrogen) atoms. The van der Waals surface area contributed by atoms with Crippen molar-refractivity contribution in [3.05, 3.63) is 36.0 Å². The van der Waals surface area contributed by atoms with Crippen LogP contribution in [-0.4, -0.2) is 31.2 Å². The molecule has 0 saturated carbocycles. The summed E-state index contributed by atoms with van der Waals surface area (Å²) in [6.07, 6.45) is 9.92. The number of nitrogens with zero attached hydrogens (tertiary/aromatic N) is 2. The van der Waals surface area contributed by atoms with E-state index in [4.69, 9.17) is 0 Å². The lowest BCUT2D eigenvalue weighted by atomic mass is 9.99. The number of hydrogen-bond donors (Lipinski definition) is 1. The topological polar surface area (TPSA) is 28.2 Å². The third-order valence-electron chi connectivity index (χ3n) is 3.94. The fraction of sp³-hybridized carbons (Fsp3) is 0.588. The van der Waals surface area contributed by atoms with Crippen LogP contribution in [-0.2, 0) is 12.8 Å². The highest BCUT2D eigenvalue weighted by Crippen LogP contribution is 2.24. The molecule has 3 nitrogen and oxygen atoms in total. The molecule has 0 bridgehead atoms. The zero-order valence-electron chi connectivity index (χ0n) is 12.7. The van der Waals surface area contributed by atoms with Gasteiger partial charge in [0.1, 0.15) is 5.82 Å². The summed E-state index contributed by atoms with van der Waals surface area (Å²) in [7, 11) is 0. The van der Waals surface area contributed by atoms with Crippen LogP contribution in [0.5, 0.6) is 0 Å². The number of anilines is 1. The van der Waals surface area contributed by atoms with Crippen LogP contribution in [0.3, 0.4) is 0 Å². The van der Waals surface area contributed by atoms with Crippen LogP contribution in [0.2, 0.25) is 0 Å². The van der Waals surface area contributed by atoms with Gasteiger partial charge in [-0.1, -0.05) is 25.8 Å². The molecule has 110 valence electrons. The molecule has 0 radical (unpaired) electrons. The predicted octanol–water partition coefficient (Wildman–Crippen LogP) is 2.95. The molecule has 0 unspecified atom stereocenters. The van der Waals surface area contributed by atoms with Crippen LogP contribution >= 0.6 is 0 Å². The maximum Gasteiger partial charge on any atom is 0.132 e. The second-order valence-corrected chi connectivity index (χ2v) is 5.46. The van der Waals surface area contributed by atoms with Crippen molar-refractivity contribution >= 4 is 5.82 Å². The van der Waals surface area contributed by atoms with E-state index in [1.54, 1.807) is 0 Å². The van der Waals surface area contributed by atoms with Crippen molar-refractivity contribution in [2.24, 2.45) is 0 Å². The Labute approximate surface area is 123 Å². The Balaban J connectivity index is 2.20. The quantitative estimate of drug-likeness (QED) is 0.611. The first-order chi connectivity index (χ1) is 9.86. The van der Waals surface area contributed by atoms with Crippen molar-refractivity contribution in [1.29, 1.82) is 0 Å². The lowest BCUT2D eigenvalue weighted by Gasteiger charge is -2.30. The van der Waals surface area contributed by atoms with Gasteiger partial charge in [-0.2, -0.15) is 0 Å². The largest absolute Gasteiger partial charge is 0.354 e. The van der Waals surface area contributed by atoms with Crippen molar-refractivity contribution in [3.8, 4) is 0 Å². The van der Waals surface area contributed by atoms with Crippen molar-refractivity contribution in [3.63, 3.8) is 0 Å². The number of nitrogens with one attached hydrogen (secondary N) is 1. The molecule has 2 rings (SSSR count). The summed E-state index contributed by atoms with van der Waals surface area (Å²) >= 11 is 0. The Kier molecular flexibility index (Phi) is 6.06. The number of aromatic nitrogens is 1. The Morgan fingerprint density at radius 3 is 2.85 bits per heavy atom. The van der Waals surface area contributed by atoms with Crippen LogP contribution < -0.4 is 10.2 Å². The molecule has 0 aromatic carbocycles. The monoisotopic (exact) mass is 273 g/mol. The molecule has 0 amide bonds. The fourth-order valence-corrected chi connectivity index (χ4v) is 2.84. The second kappa shape index (κ2) is 8.05. The normalized spacial score (nSPS) is 15.3. The SMILES string of the molecule is C=CCc1c(CCCCC)ccnc1N1CCNCC1. The van der Waals surface area contributed by atoms with Crippen LogP contribution in [0, 0.1) is 0 Å². The number of aryl methyl sites for hydroxylation is 1. The number of allylic oxidation sites excluding steroid dienone is 1. The second-order valence-electron chi connectivity index (χ2n) is 5.46. The Morgan fingerprint density at radius 1 is 1.35 bits per heavy atom. The van der Waals surface area contributed by atoms with E-state index in [2.05, 4.69) is 34.8 Å². The van der Waals surface area contributed by atoms with Crippen molar-refractivity contribution in [1.82, 2.24) is 10.3 Å². The molecular weight excluding hydrogens is 246 g/mol. The molecule has 1 fully saturated rings. The molecule has 1 saturated heterocycles. The smallest absolute Gasteiger partial charge is 0.132 e. The Hall–Kier alpha value is -1.35. The summed E-state index contributed by atoms with van der Waals surface area (Å²) in [6, 6.07) is 2.19. The molecule has 0 aliphatic carbocycles. The number of pyridine rings is 1. The van der Waals surface area contributed by atoms with E-state index < -0.39 is 0 Å². The predicted molar refractivity (Wildman–Crippen MR) is 86.4 cm³/mol. The van der Waals surface area contributed by atoms with E-state index in [-0.39, 0.29) is 0 Å². The van der Waals surface area contributed by atoms with Gasteiger partial charge >= 0.3 is 0 Å². The fourth-order valence-electron chi connectivity index (χ4n) is 2.84. The highest BCUT2D eigenvalue weighted by Gasteiger charge is 2.17. The van der Waals surface area contributed by atoms with Gasteiger partial charge in [0.05, 0.1) is 0 Å². The van der Waals surface area contributed by atoms with Gasteiger partial charge in [0.2, 0.25) is 0 Å². The molecular formula is C17H27N3. The standard InChI is InChI=1S/C17H27N3/c1-3-5-6-8-15-9-10-19-17(16(15)7-4-2)20-13-11-18-12-14-20/h4,9-10,18H,2-3,5-8,11-14H2,1H3. The van der Waals surface area contributed by atoms with E-state index in [0.717, 1.165) is 32.6 Å². The Bertz CT molecular complexity index is 422. The first-order valence-electron chi connectivity index (χ1n) is 7.90. The maximum absolute atomic E-state index is 4.66. The molecule has 1 aliphatic heterocycles. The van der Waals surface area contributed by atoms with Gasteiger partial charge < -0.3 is 10.2 Å². The van der Waals surface area contributed by atoms with Gasteiger partial charge in [-0.15, -0.1) is 6.58 Å². The highest BCUT2D eigenvalue weighted by atomic mass is 15.2. The van der Waals surface area contributed by atoms with E-state index in [1.807, 2.05) is 12.3 Å². The summed E-state index contributed by atoms with van der Waals surface area (Å²) in [5.74, 6) is 1.18.